The van der Waals surface area contributed by atoms with Crippen molar-refractivity contribution in [3.63, 3.8) is 0 Å². The number of esters is 1. The minimum Gasteiger partial charge on any atom is -0.495 e. The van der Waals surface area contributed by atoms with Crippen molar-refractivity contribution in [2.75, 3.05) is 13.7 Å². The highest BCUT2D eigenvalue weighted by atomic mass is 79.9. The molecule has 17 heavy (non-hydrogen) atoms. The van der Waals surface area contributed by atoms with Gasteiger partial charge in [-0.1, -0.05) is 0 Å². The lowest BCUT2D eigenvalue weighted by atomic mass is 10.2. The Hall–Kier alpha value is -1.24. The van der Waals surface area contributed by atoms with Gasteiger partial charge in [0.2, 0.25) is 0 Å². The van der Waals surface area contributed by atoms with Gasteiger partial charge < -0.3 is 9.47 Å². The normalized spacial score (nSPS) is 10.5. The molecule has 1 aromatic rings. The van der Waals surface area contributed by atoms with E-state index in [1.807, 2.05) is 0 Å². The average molecular weight is 310 g/mol. The van der Waals surface area contributed by atoms with Gasteiger partial charge in [-0.3, -0.25) is 0 Å². The van der Waals surface area contributed by atoms with Crippen LogP contribution >= 0.6 is 15.9 Å². The topological polar surface area (TPSA) is 48.4 Å². The van der Waals surface area contributed by atoms with Gasteiger partial charge in [-0.25, -0.2) is 18.6 Å². The van der Waals surface area contributed by atoms with Gasteiger partial charge in [0.05, 0.1) is 19.3 Å². The highest BCUT2D eigenvalue weighted by Crippen LogP contribution is 2.36. The summed E-state index contributed by atoms with van der Waals surface area (Å²) in [6.07, 6.45) is -1.67. The third-order valence-corrected chi connectivity index (χ3v) is 2.57. The number of halogens is 3. The second-order valence-corrected chi connectivity index (χ2v) is 3.68. The molecule has 0 radical (unpaired) electrons. The molecule has 0 unspecified atom stereocenters. The summed E-state index contributed by atoms with van der Waals surface area (Å²) in [6.45, 7) is 1.76. The molecule has 4 nitrogen and oxygen atoms in total. The summed E-state index contributed by atoms with van der Waals surface area (Å²) >= 11 is 2.89. The van der Waals surface area contributed by atoms with E-state index >= 15 is 0 Å². The molecule has 0 bridgehead atoms. The molecule has 0 saturated heterocycles. The van der Waals surface area contributed by atoms with E-state index in [-0.39, 0.29) is 22.5 Å². The summed E-state index contributed by atoms with van der Waals surface area (Å²) in [5.74, 6) is -0.966. The molecular formula is C10H10BrF2NO3. The number of nitrogens with zero attached hydrogens (tertiary/aromatic N) is 1. The van der Waals surface area contributed by atoms with Crippen LogP contribution < -0.4 is 4.74 Å². The van der Waals surface area contributed by atoms with Crippen molar-refractivity contribution in [1.29, 1.82) is 0 Å². The van der Waals surface area contributed by atoms with Crippen LogP contribution in [0.15, 0.2) is 10.8 Å². The number of alkyl halides is 2. The molecule has 0 fully saturated rings. The second-order valence-electron chi connectivity index (χ2n) is 2.93. The van der Waals surface area contributed by atoms with Crippen LogP contribution in [0.5, 0.6) is 5.75 Å². The third-order valence-electron chi connectivity index (χ3n) is 1.94. The Labute approximate surface area is 105 Å². The number of carbonyl (C=O) groups excluding carboxylic acids is 1. The van der Waals surface area contributed by atoms with Crippen LogP contribution in [0.1, 0.15) is 29.3 Å². The predicted molar refractivity (Wildman–Crippen MR) is 59.4 cm³/mol. The average Bonchev–Trinajstić information content (AvgIpc) is 2.27. The van der Waals surface area contributed by atoms with Crippen molar-refractivity contribution in [3.05, 3.63) is 21.9 Å². The fourth-order valence-corrected chi connectivity index (χ4v) is 1.71. The molecule has 0 spiro atoms. The van der Waals surface area contributed by atoms with Crippen molar-refractivity contribution in [1.82, 2.24) is 4.98 Å². The second kappa shape index (κ2) is 5.90. The van der Waals surface area contributed by atoms with Crippen molar-refractivity contribution in [2.45, 2.75) is 13.3 Å². The quantitative estimate of drug-likeness (QED) is 0.634. The zero-order valence-corrected chi connectivity index (χ0v) is 10.8. The Kier molecular flexibility index (Phi) is 4.80. The fourth-order valence-electron chi connectivity index (χ4n) is 1.25. The molecule has 0 aliphatic carbocycles. The van der Waals surface area contributed by atoms with Crippen molar-refractivity contribution in [3.8, 4) is 5.75 Å². The van der Waals surface area contributed by atoms with Gasteiger partial charge >= 0.3 is 5.97 Å². The van der Waals surface area contributed by atoms with E-state index in [1.165, 1.54) is 7.11 Å². The van der Waals surface area contributed by atoms with Crippen molar-refractivity contribution in [2.24, 2.45) is 0 Å². The van der Waals surface area contributed by atoms with Crippen molar-refractivity contribution < 1.29 is 23.0 Å². The Balaban J connectivity index is 3.32. The first kappa shape index (κ1) is 13.8. The van der Waals surface area contributed by atoms with Gasteiger partial charge in [-0.15, -0.1) is 0 Å². The number of hydrogen-bond acceptors (Lipinski definition) is 4. The summed E-state index contributed by atoms with van der Waals surface area (Å²) in [5.41, 5.74) is -0.578. The Morgan fingerprint density at radius 2 is 2.24 bits per heavy atom. The maximum atomic E-state index is 12.8. The number of pyridine rings is 1. The Bertz CT molecular complexity index is 426. The van der Waals surface area contributed by atoms with E-state index in [4.69, 9.17) is 9.47 Å². The molecule has 7 heteroatoms. The number of hydrogen-bond donors (Lipinski definition) is 0. The van der Waals surface area contributed by atoms with Crippen LogP contribution in [-0.4, -0.2) is 24.7 Å². The molecule has 94 valence electrons. The molecule has 0 N–H and O–H groups in total. The summed E-state index contributed by atoms with van der Waals surface area (Å²) in [7, 11) is 1.20. The maximum Gasteiger partial charge on any atom is 0.343 e. The summed E-state index contributed by atoms with van der Waals surface area (Å²) < 4.78 is 35.1. The van der Waals surface area contributed by atoms with Crippen LogP contribution in [0.3, 0.4) is 0 Å². The summed E-state index contributed by atoms with van der Waals surface area (Å²) in [5, 5.41) is 0. The lowest BCUT2D eigenvalue weighted by Gasteiger charge is -2.13. The zero-order valence-electron chi connectivity index (χ0n) is 9.17. The number of carbonyl (C=O) groups is 1. The monoisotopic (exact) mass is 309 g/mol. The van der Waals surface area contributed by atoms with Crippen molar-refractivity contribution >= 4 is 21.9 Å². The van der Waals surface area contributed by atoms with E-state index in [0.717, 1.165) is 6.20 Å². The van der Waals surface area contributed by atoms with E-state index in [0.29, 0.717) is 0 Å². The predicted octanol–water partition coefficient (Wildman–Crippen LogP) is 2.97. The number of aromatic nitrogens is 1. The van der Waals surface area contributed by atoms with Crippen LogP contribution in [0.25, 0.3) is 0 Å². The van der Waals surface area contributed by atoms with Crippen LogP contribution in [0.4, 0.5) is 8.78 Å². The fraction of sp³-hybridized carbons (Fsp3) is 0.400. The Morgan fingerprint density at radius 1 is 1.59 bits per heavy atom. The first-order chi connectivity index (χ1) is 8.02. The minimum atomic E-state index is -2.80. The molecule has 1 rings (SSSR count). The molecule has 0 atom stereocenters. The SMILES string of the molecule is CCOC(=O)c1cnc(Br)c(C(F)F)c1OC. The number of ether oxygens (including phenoxy) is 2. The number of rotatable bonds is 4. The first-order valence-electron chi connectivity index (χ1n) is 4.70. The van der Waals surface area contributed by atoms with Gasteiger partial charge in [0.1, 0.15) is 15.9 Å². The number of methoxy groups -OCH3 is 1. The van der Waals surface area contributed by atoms with Crippen LogP contribution in [-0.2, 0) is 4.74 Å². The standard InChI is InChI=1S/C10H10BrF2NO3/c1-3-17-10(15)5-4-14-8(11)6(9(12)13)7(5)16-2/h4,9H,3H2,1-2H3. The Morgan fingerprint density at radius 3 is 2.71 bits per heavy atom. The van der Waals surface area contributed by atoms with E-state index < -0.39 is 18.0 Å². The van der Waals surface area contributed by atoms with Gasteiger partial charge in [0.25, 0.3) is 6.43 Å². The first-order valence-corrected chi connectivity index (χ1v) is 5.49. The van der Waals surface area contributed by atoms with E-state index in [1.54, 1.807) is 6.92 Å². The van der Waals surface area contributed by atoms with Gasteiger partial charge in [-0.05, 0) is 22.9 Å². The highest BCUT2D eigenvalue weighted by Gasteiger charge is 2.25. The smallest absolute Gasteiger partial charge is 0.343 e. The van der Waals surface area contributed by atoms with Gasteiger partial charge in [0, 0.05) is 6.20 Å². The van der Waals surface area contributed by atoms with E-state index in [2.05, 4.69) is 20.9 Å². The maximum absolute atomic E-state index is 12.8. The zero-order chi connectivity index (χ0) is 13.0. The largest absolute Gasteiger partial charge is 0.495 e. The highest BCUT2D eigenvalue weighted by molar-refractivity contribution is 9.10. The van der Waals surface area contributed by atoms with Gasteiger partial charge in [0.15, 0.2) is 0 Å². The van der Waals surface area contributed by atoms with Gasteiger partial charge in [-0.2, -0.15) is 0 Å². The third kappa shape index (κ3) is 2.91. The molecule has 0 amide bonds. The van der Waals surface area contributed by atoms with Crippen LogP contribution in [0.2, 0.25) is 0 Å². The lowest BCUT2D eigenvalue weighted by molar-refractivity contribution is 0.0521. The summed E-state index contributed by atoms with van der Waals surface area (Å²) in [6, 6.07) is 0. The van der Waals surface area contributed by atoms with E-state index in [9.17, 15) is 13.6 Å². The molecule has 0 saturated carbocycles. The molecule has 0 aliphatic heterocycles. The minimum absolute atomic E-state index is 0.0580. The summed E-state index contributed by atoms with van der Waals surface area (Å²) in [4.78, 5) is 15.2. The molecule has 1 heterocycles. The molecule has 1 aromatic heterocycles. The van der Waals surface area contributed by atoms with Crippen LogP contribution in [0, 0.1) is 0 Å². The lowest BCUT2D eigenvalue weighted by Crippen LogP contribution is -2.10. The molecular weight excluding hydrogens is 300 g/mol. The molecule has 0 aliphatic rings. The molecule has 0 aromatic carbocycles.